The van der Waals surface area contributed by atoms with Crippen molar-refractivity contribution in [3.05, 3.63) is 6.92 Å². The van der Waals surface area contributed by atoms with E-state index >= 15 is 0 Å². The van der Waals surface area contributed by atoms with Crippen LogP contribution in [0.3, 0.4) is 0 Å². The summed E-state index contributed by atoms with van der Waals surface area (Å²) < 4.78 is 5.34. The molecule has 0 aromatic rings. The highest BCUT2D eigenvalue weighted by Gasteiger charge is 1.86. The van der Waals surface area contributed by atoms with E-state index in [1.165, 1.54) is 19.3 Å². The molecule has 0 N–H and O–H groups in total. The standard InChI is InChI=1S/C9H19O.Mg.2H/c1-3-5-7-9-10-8-6-4-2;;;/h2-9H2,1H3;;;. The van der Waals surface area contributed by atoms with Crippen molar-refractivity contribution in [3.8, 4) is 0 Å². The fourth-order valence-corrected chi connectivity index (χ4v) is 0.760. The van der Waals surface area contributed by atoms with E-state index in [0.29, 0.717) is 0 Å². The van der Waals surface area contributed by atoms with Crippen LogP contribution in [-0.4, -0.2) is 36.3 Å². The minimum atomic E-state index is 0. The molecule has 11 heavy (non-hydrogen) atoms. The maximum absolute atomic E-state index is 5.34. The van der Waals surface area contributed by atoms with E-state index in [9.17, 15) is 0 Å². The molecule has 0 aromatic heterocycles. The number of rotatable bonds is 7. The van der Waals surface area contributed by atoms with Crippen LogP contribution in [0.15, 0.2) is 0 Å². The Kier molecular flexibility index (Phi) is 17.3. The third-order valence-electron chi connectivity index (χ3n) is 1.43. The maximum Gasteiger partial charge on any atom is 0.316 e. The molecule has 0 aliphatic carbocycles. The normalized spacial score (nSPS) is 9.27. The molecule has 1 nitrogen and oxygen atoms in total. The van der Waals surface area contributed by atoms with Gasteiger partial charge in [-0.2, -0.15) is 0 Å². The Morgan fingerprint density at radius 2 is 1.73 bits per heavy atom. The molecular formula is C9H21MgO. The summed E-state index contributed by atoms with van der Waals surface area (Å²) in [6.07, 6.45) is 5.89. The van der Waals surface area contributed by atoms with Crippen molar-refractivity contribution in [3.63, 3.8) is 0 Å². The summed E-state index contributed by atoms with van der Waals surface area (Å²) in [7, 11) is 0. The average molecular weight is 170 g/mol. The predicted molar refractivity (Wildman–Crippen MR) is 53.5 cm³/mol. The van der Waals surface area contributed by atoms with Gasteiger partial charge in [-0.05, 0) is 12.8 Å². The van der Waals surface area contributed by atoms with Crippen molar-refractivity contribution in [1.82, 2.24) is 0 Å². The first-order chi connectivity index (χ1) is 4.91. The average Bonchev–Trinajstić information content (AvgIpc) is 1.97. The Bertz CT molecular complexity index is 49.5. The zero-order chi connectivity index (χ0) is 7.66. The second-order valence-electron chi connectivity index (χ2n) is 2.53. The van der Waals surface area contributed by atoms with Crippen molar-refractivity contribution in [1.29, 1.82) is 0 Å². The molecule has 0 saturated carbocycles. The lowest BCUT2D eigenvalue weighted by molar-refractivity contribution is 0.128. The van der Waals surface area contributed by atoms with Gasteiger partial charge in [0.05, 0.1) is 0 Å². The summed E-state index contributed by atoms with van der Waals surface area (Å²) in [6, 6.07) is 0. The lowest BCUT2D eigenvalue weighted by Gasteiger charge is -2.00. The van der Waals surface area contributed by atoms with Crippen LogP contribution in [0.2, 0.25) is 0 Å². The van der Waals surface area contributed by atoms with Crippen LogP contribution in [0.1, 0.15) is 39.0 Å². The fraction of sp³-hybridized carbons (Fsp3) is 0.889. The van der Waals surface area contributed by atoms with E-state index in [1.54, 1.807) is 0 Å². The topological polar surface area (TPSA) is 9.23 Å². The molecule has 65 valence electrons. The number of unbranched alkanes of at least 4 members (excludes halogenated alkanes) is 3. The second-order valence-corrected chi connectivity index (χ2v) is 2.53. The molecule has 0 amide bonds. The summed E-state index contributed by atoms with van der Waals surface area (Å²) in [5.41, 5.74) is 0. The monoisotopic (exact) mass is 169 g/mol. The summed E-state index contributed by atoms with van der Waals surface area (Å²) in [5.74, 6) is 0. The predicted octanol–water partition coefficient (Wildman–Crippen LogP) is 1.89. The first-order valence-electron chi connectivity index (χ1n) is 4.28. The zero-order valence-electron chi connectivity index (χ0n) is 7.07. The van der Waals surface area contributed by atoms with Gasteiger partial charge in [0.1, 0.15) is 0 Å². The SMILES string of the molecule is [CH2]CCCOCCCCC.[MgH2]. The van der Waals surface area contributed by atoms with E-state index in [0.717, 1.165) is 26.1 Å². The highest BCUT2D eigenvalue weighted by Crippen LogP contribution is 1.95. The van der Waals surface area contributed by atoms with Gasteiger partial charge in [-0.15, -0.1) is 0 Å². The number of hydrogen-bond donors (Lipinski definition) is 0. The molecule has 0 rings (SSSR count). The van der Waals surface area contributed by atoms with Gasteiger partial charge in [-0.3, -0.25) is 0 Å². The molecule has 0 aliphatic rings. The van der Waals surface area contributed by atoms with Crippen LogP contribution in [0.25, 0.3) is 0 Å². The van der Waals surface area contributed by atoms with Crippen molar-refractivity contribution in [2.24, 2.45) is 0 Å². The molecule has 0 unspecified atom stereocenters. The number of hydrogen-bond acceptors (Lipinski definition) is 1. The third-order valence-corrected chi connectivity index (χ3v) is 1.43. The molecule has 1 radical (unpaired) electrons. The second kappa shape index (κ2) is 13.3. The Labute approximate surface area is 87.0 Å². The van der Waals surface area contributed by atoms with Gasteiger partial charge in [0.15, 0.2) is 0 Å². The van der Waals surface area contributed by atoms with Crippen molar-refractivity contribution < 1.29 is 4.74 Å². The van der Waals surface area contributed by atoms with E-state index in [1.807, 2.05) is 0 Å². The van der Waals surface area contributed by atoms with Crippen molar-refractivity contribution >= 4 is 23.1 Å². The fourth-order valence-electron chi connectivity index (χ4n) is 0.760. The smallest absolute Gasteiger partial charge is 0.316 e. The molecule has 0 aliphatic heterocycles. The van der Waals surface area contributed by atoms with Crippen molar-refractivity contribution in [2.75, 3.05) is 13.2 Å². The van der Waals surface area contributed by atoms with Gasteiger partial charge in [0.2, 0.25) is 0 Å². The Morgan fingerprint density at radius 1 is 1.09 bits per heavy atom. The van der Waals surface area contributed by atoms with Crippen LogP contribution in [0, 0.1) is 6.92 Å². The zero-order valence-corrected chi connectivity index (χ0v) is 7.07. The minimum Gasteiger partial charge on any atom is -0.381 e. The molecule has 0 spiro atoms. The lowest BCUT2D eigenvalue weighted by atomic mass is 10.3. The summed E-state index contributed by atoms with van der Waals surface area (Å²) in [6.45, 7) is 7.78. The van der Waals surface area contributed by atoms with Crippen LogP contribution in [0.5, 0.6) is 0 Å². The molecule has 0 heterocycles. The molecule has 2 heteroatoms. The van der Waals surface area contributed by atoms with E-state index in [-0.39, 0.29) is 23.1 Å². The van der Waals surface area contributed by atoms with E-state index in [2.05, 4.69) is 13.8 Å². The van der Waals surface area contributed by atoms with E-state index < -0.39 is 0 Å². The van der Waals surface area contributed by atoms with Gasteiger partial charge >= 0.3 is 23.1 Å². The Hall–Kier alpha value is 0.726. The van der Waals surface area contributed by atoms with Gasteiger partial charge in [0.25, 0.3) is 0 Å². The first kappa shape index (κ1) is 14.3. The van der Waals surface area contributed by atoms with Crippen molar-refractivity contribution in [2.45, 2.75) is 39.0 Å². The molecule has 0 fully saturated rings. The highest BCUT2D eigenvalue weighted by atomic mass is 24.3. The van der Waals surface area contributed by atoms with E-state index in [4.69, 9.17) is 4.74 Å². The first-order valence-corrected chi connectivity index (χ1v) is 4.28. The maximum atomic E-state index is 5.34. The van der Waals surface area contributed by atoms with Crippen LogP contribution in [0.4, 0.5) is 0 Å². The molecular weight excluding hydrogens is 148 g/mol. The minimum absolute atomic E-state index is 0. The molecule has 0 saturated heterocycles. The van der Waals surface area contributed by atoms with Crippen LogP contribution >= 0.6 is 0 Å². The Morgan fingerprint density at radius 3 is 2.27 bits per heavy atom. The summed E-state index contributed by atoms with van der Waals surface area (Å²) in [4.78, 5) is 0. The number of ether oxygens (including phenoxy) is 1. The largest absolute Gasteiger partial charge is 0.381 e. The lowest BCUT2D eigenvalue weighted by Crippen LogP contribution is -1.95. The van der Waals surface area contributed by atoms with Crippen LogP contribution in [-0.2, 0) is 4.74 Å². The quantitative estimate of drug-likeness (QED) is 0.418. The van der Waals surface area contributed by atoms with Gasteiger partial charge in [-0.25, -0.2) is 0 Å². The summed E-state index contributed by atoms with van der Waals surface area (Å²) in [5, 5.41) is 0. The molecule has 0 aromatic carbocycles. The Balaban J connectivity index is 0. The van der Waals surface area contributed by atoms with Crippen LogP contribution < -0.4 is 0 Å². The highest BCUT2D eigenvalue weighted by molar-refractivity contribution is 5.75. The van der Waals surface area contributed by atoms with Gasteiger partial charge in [-0.1, -0.05) is 33.1 Å². The summed E-state index contributed by atoms with van der Waals surface area (Å²) >= 11 is 0. The molecule has 0 atom stereocenters. The van der Waals surface area contributed by atoms with Gasteiger partial charge in [0, 0.05) is 13.2 Å². The molecule has 0 bridgehead atoms. The third kappa shape index (κ3) is 13.7. The van der Waals surface area contributed by atoms with Gasteiger partial charge < -0.3 is 4.74 Å².